The molecule has 0 spiro atoms. The number of aromatic nitrogens is 1. The first-order chi connectivity index (χ1) is 12.8. The Labute approximate surface area is 158 Å². The van der Waals surface area contributed by atoms with Gasteiger partial charge >= 0.3 is 0 Å². The van der Waals surface area contributed by atoms with Crippen LogP contribution in [0, 0.1) is 11.8 Å². The minimum atomic E-state index is 0.758. The van der Waals surface area contributed by atoms with Gasteiger partial charge < -0.3 is 0 Å². The molecule has 26 heavy (non-hydrogen) atoms. The molecule has 1 aromatic rings. The van der Waals surface area contributed by atoms with Gasteiger partial charge in [0.1, 0.15) is 0 Å². The lowest BCUT2D eigenvalue weighted by atomic mass is 9.80. The fourth-order valence-corrected chi connectivity index (χ4v) is 4.67. The largest absolute Gasteiger partial charge is 0.297 e. The molecule has 2 nitrogen and oxygen atoms in total. The first kappa shape index (κ1) is 17.7. The van der Waals surface area contributed by atoms with Gasteiger partial charge in [-0.25, -0.2) is 0 Å². The van der Waals surface area contributed by atoms with Crippen LogP contribution >= 0.6 is 0 Å². The van der Waals surface area contributed by atoms with Crippen LogP contribution in [0.15, 0.2) is 59.3 Å². The van der Waals surface area contributed by atoms with Gasteiger partial charge in [0.25, 0.3) is 0 Å². The highest BCUT2D eigenvalue weighted by Gasteiger charge is 2.24. The van der Waals surface area contributed by atoms with Crippen molar-refractivity contribution in [2.24, 2.45) is 11.8 Å². The molecule has 2 heteroatoms. The summed E-state index contributed by atoms with van der Waals surface area (Å²) in [5.41, 5.74) is 6.12. The zero-order valence-corrected chi connectivity index (χ0v) is 16.2. The van der Waals surface area contributed by atoms with E-state index in [1.54, 1.807) is 16.7 Å². The monoisotopic (exact) mass is 348 g/mol. The van der Waals surface area contributed by atoms with E-state index in [-0.39, 0.29) is 0 Å². The Kier molecular flexibility index (Phi) is 5.69. The second-order valence-corrected chi connectivity index (χ2v) is 8.39. The Balaban J connectivity index is 1.34. The van der Waals surface area contributed by atoms with Crippen molar-refractivity contribution >= 4 is 0 Å². The molecule has 2 heterocycles. The zero-order valence-electron chi connectivity index (χ0n) is 16.2. The molecule has 1 saturated heterocycles. The number of likely N-dealkylation sites (tertiary alicyclic amines) is 1. The van der Waals surface area contributed by atoms with Crippen molar-refractivity contribution in [2.45, 2.75) is 58.4 Å². The molecule has 4 rings (SSSR count). The molecule has 0 amide bonds. The molecule has 0 radical (unpaired) electrons. The summed E-state index contributed by atoms with van der Waals surface area (Å²) in [5, 5.41) is 0. The number of nitrogens with zero attached hydrogens (tertiary/aromatic N) is 2. The summed E-state index contributed by atoms with van der Waals surface area (Å²) >= 11 is 0. The molecule has 1 fully saturated rings. The van der Waals surface area contributed by atoms with E-state index < -0.39 is 0 Å². The number of pyridine rings is 1. The number of rotatable bonds is 4. The molecule has 0 bridgehead atoms. The summed E-state index contributed by atoms with van der Waals surface area (Å²) in [6.07, 6.45) is 18.5. The number of hydrogen-bond donors (Lipinski definition) is 0. The predicted molar refractivity (Wildman–Crippen MR) is 109 cm³/mol. The lowest BCUT2D eigenvalue weighted by Crippen LogP contribution is -2.34. The van der Waals surface area contributed by atoms with Crippen LogP contribution in [-0.4, -0.2) is 23.0 Å². The van der Waals surface area contributed by atoms with Gasteiger partial charge in [0.15, 0.2) is 0 Å². The van der Waals surface area contributed by atoms with Crippen molar-refractivity contribution in [1.29, 1.82) is 0 Å². The molecule has 0 saturated carbocycles. The predicted octanol–water partition coefficient (Wildman–Crippen LogP) is 5.69. The Bertz CT molecular complexity index is 690. The quantitative estimate of drug-likeness (QED) is 0.695. The standard InChI is InChI=1S/C24H32N2/c1-19-8-10-20(11-9-19)22-5-4-6-23(17-22)21-12-15-26(16-13-21)18-24-7-2-3-14-25-24/h2-3,6-7,10,14,17,19,21H,4-5,8-9,11-13,15-16,18H2,1H3. The van der Waals surface area contributed by atoms with Gasteiger partial charge in [-0.2, -0.15) is 0 Å². The van der Waals surface area contributed by atoms with Gasteiger partial charge in [0.2, 0.25) is 0 Å². The van der Waals surface area contributed by atoms with E-state index in [9.17, 15) is 0 Å². The van der Waals surface area contributed by atoms with Crippen LogP contribution in [0.4, 0.5) is 0 Å². The van der Waals surface area contributed by atoms with Gasteiger partial charge in [-0.1, -0.05) is 31.2 Å². The normalized spacial score (nSPS) is 25.4. The lowest BCUT2D eigenvalue weighted by molar-refractivity contribution is 0.190. The van der Waals surface area contributed by atoms with Gasteiger partial charge in [0, 0.05) is 12.7 Å². The highest BCUT2D eigenvalue weighted by atomic mass is 15.1. The second-order valence-electron chi connectivity index (χ2n) is 8.39. The summed E-state index contributed by atoms with van der Waals surface area (Å²) in [4.78, 5) is 7.05. The van der Waals surface area contributed by atoms with Crippen LogP contribution in [0.5, 0.6) is 0 Å². The maximum absolute atomic E-state index is 4.48. The minimum absolute atomic E-state index is 0.758. The number of allylic oxidation sites excluding steroid dienone is 6. The summed E-state index contributed by atoms with van der Waals surface area (Å²) < 4.78 is 0. The van der Waals surface area contributed by atoms with Crippen LogP contribution in [0.1, 0.15) is 57.6 Å². The third-order valence-corrected chi connectivity index (χ3v) is 6.39. The van der Waals surface area contributed by atoms with Gasteiger partial charge in [0.05, 0.1) is 5.69 Å². The van der Waals surface area contributed by atoms with Crippen molar-refractivity contribution in [3.63, 3.8) is 0 Å². The van der Waals surface area contributed by atoms with Crippen LogP contribution in [0.25, 0.3) is 0 Å². The van der Waals surface area contributed by atoms with Crippen LogP contribution in [0.2, 0.25) is 0 Å². The summed E-state index contributed by atoms with van der Waals surface area (Å²) in [5.74, 6) is 1.63. The molecule has 3 aliphatic rings. The molecule has 1 aliphatic heterocycles. The smallest absolute Gasteiger partial charge is 0.0543 e. The van der Waals surface area contributed by atoms with Crippen LogP contribution < -0.4 is 0 Å². The molecular weight excluding hydrogens is 316 g/mol. The fourth-order valence-electron chi connectivity index (χ4n) is 4.67. The highest BCUT2D eigenvalue weighted by Crippen LogP contribution is 2.36. The Morgan fingerprint density at radius 2 is 1.92 bits per heavy atom. The van der Waals surface area contributed by atoms with E-state index in [4.69, 9.17) is 0 Å². The van der Waals surface area contributed by atoms with Gasteiger partial charge in [-0.3, -0.25) is 9.88 Å². The Morgan fingerprint density at radius 3 is 2.65 bits per heavy atom. The second kappa shape index (κ2) is 8.35. The summed E-state index contributed by atoms with van der Waals surface area (Å²) in [6, 6.07) is 6.23. The molecule has 0 aromatic carbocycles. The van der Waals surface area contributed by atoms with Crippen molar-refractivity contribution in [3.8, 4) is 0 Å². The molecule has 1 aromatic heterocycles. The van der Waals surface area contributed by atoms with Crippen LogP contribution in [0.3, 0.4) is 0 Å². The molecule has 138 valence electrons. The van der Waals surface area contributed by atoms with E-state index in [2.05, 4.69) is 47.2 Å². The van der Waals surface area contributed by atoms with Crippen molar-refractivity contribution in [3.05, 3.63) is 65.0 Å². The van der Waals surface area contributed by atoms with E-state index in [1.807, 2.05) is 12.3 Å². The zero-order chi connectivity index (χ0) is 17.8. The average molecular weight is 349 g/mol. The number of piperidine rings is 1. The Morgan fingerprint density at radius 1 is 1.04 bits per heavy atom. The SMILES string of the molecule is CC1CC=C(C2=CC(C3CCN(Cc4ccccn4)CC3)=CCC2)CC1. The van der Waals surface area contributed by atoms with E-state index in [0.717, 1.165) is 18.4 Å². The molecule has 2 aliphatic carbocycles. The van der Waals surface area contributed by atoms with Crippen LogP contribution in [-0.2, 0) is 6.54 Å². The fraction of sp³-hybridized carbons (Fsp3) is 0.542. The van der Waals surface area contributed by atoms with E-state index in [1.165, 1.54) is 63.7 Å². The Hall–Kier alpha value is -1.67. The average Bonchev–Trinajstić information content (AvgIpc) is 2.70. The molecule has 0 N–H and O–H groups in total. The third-order valence-electron chi connectivity index (χ3n) is 6.39. The topological polar surface area (TPSA) is 16.1 Å². The number of hydrogen-bond acceptors (Lipinski definition) is 2. The van der Waals surface area contributed by atoms with Gasteiger partial charge in [-0.05, 0) is 98.7 Å². The third kappa shape index (κ3) is 4.35. The summed E-state index contributed by atoms with van der Waals surface area (Å²) in [7, 11) is 0. The minimum Gasteiger partial charge on any atom is -0.297 e. The van der Waals surface area contributed by atoms with Crippen molar-refractivity contribution in [2.75, 3.05) is 13.1 Å². The molecule has 1 atom stereocenters. The first-order valence-corrected chi connectivity index (χ1v) is 10.5. The molecular formula is C24H32N2. The maximum atomic E-state index is 4.48. The maximum Gasteiger partial charge on any atom is 0.0543 e. The van der Waals surface area contributed by atoms with E-state index >= 15 is 0 Å². The lowest BCUT2D eigenvalue weighted by Gasteiger charge is -2.33. The van der Waals surface area contributed by atoms with E-state index in [0.29, 0.717) is 0 Å². The first-order valence-electron chi connectivity index (χ1n) is 10.5. The van der Waals surface area contributed by atoms with Crippen molar-refractivity contribution in [1.82, 2.24) is 9.88 Å². The highest BCUT2D eigenvalue weighted by molar-refractivity contribution is 5.41. The summed E-state index contributed by atoms with van der Waals surface area (Å²) in [6.45, 7) is 5.77. The van der Waals surface area contributed by atoms with Gasteiger partial charge in [-0.15, -0.1) is 0 Å². The molecule has 1 unspecified atom stereocenters. The van der Waals surface area contributed by atoms with Crippen molar-refractivity contribution < 1.29 is 0 Å².